The van der Waals surface area contributed by atoms with Gasteiger partial charge in [-0.2, -0.15) is 18.3 Å². The summed E-state index contributed by atoms with van der Waals surface area (Å²) in [5, 5.41) is 21.9. The van der Waals surface area contributed by atoms with Crippen LogP contribution in [0.15, 0.2) is 36.7 Å². The molecule has 0 saturated carbocycles. The minimum absolute atomic E-state index is 0.183. The van der Waals surface area contributed by atoms with Crippen LogP contribution < -0.4 is 10.2 Å². The van der Waals surface area contributed by atoms with Gasteiger partial charge >= 0.3 is 6.18 Å². The molecule has 1 fully saturated rings. The van der Waals surface area contributed by atoms with Gasteiger partial charge in [0.1, 0.15) is 0 Å². The van der Waals surface area contributed by atoms with Crippen LogP contribution in [0.4, 0.5) is 24.7 Å². The molecule has 3 heterocycles. The number of alkyl halides is 3. The number of aromatic nitrogens is 3. The van der Waals surface area contributed by atoms with Gasteiger partial charge in [-0.05, 0) is 43.5 Å². The van der Waals surface area contributed by atoms with E-state index in [0.29, 0.717) is 29.9 Å². The summed E-state index contributed by atoms with van der Waals surface area (Å²) < 4.78 is 39.8. The summed E-state index contributed by atoms with van der Waals surface area (Å²) >= 11 is 0. The van der Waals surface area contributed by atoms with E-state index in [1.807, 2.05) is 11.0 Å². The van der Waals surface area contributed by atoms with Crippen LogP contribution in [0.2, 0.25) is 0 Å². The van der Waals surface area contributed by atoms with E-state index in [1.54, 1.807) is 25.4 Å². The first-order valence-electron chi connectivity index (χ1n) is 9.71. The van der Waals surface area contributed by atoms with Crippen LogP contribution in [-0.2, 0) is 6.18 Å². The summed E-state index contributed by atoms with van der Waals surface area (Å²) in [6, 6.07) is 5.67. The Morgan fingerprint density at radius 2 is 2.07 bits per heavy atom. The molecule has 0 radical (unpaired) electrons. The fraction of sp³-hybridized carbons (Fsp3) is 0.381. The summed E-state index contributed by atoms with van der Waals surface area (Å²) in [6.07, 6.45) is -0.796. The molecule has 6 nitrogen and oxygen atoms in total. The lowest BCUT2D eigenvalue weighted by molar-refractivity contribution is -0.138. The molecular weight excluding hydrogens is 395 g/mol. The quantitative estimate of drug-likeness (QED) is 0.666. The van der Waals surface area contributed by atoms with Gasteiger partial charge in [-0.25, -0.2) is 0 Å². The molecule has 1 saturated heterocycles. The Bertz CT molecular complexity index is 1070. The number of nitrogens with one attached hydrogen (secondary N) is 1. The highest BCUT2D eigenvalue weighted by atomic mass is 19.4. The number of pyridine rings is 1. The molecule has 30 heavy (non-hydrogen) atoms. The molecule has 4 rings (SSSR count). The largest absolute Gasteiger partial charge is 0.416 e. The number of hydrogen-bond donors (Lipinski definition) is 2. The monoisotopic (exact) mass is 417 g/mol. The van der Waals surface area contributed by atoms with Crippen molar-refractivity contribution in [3.05, 3.63) is 53.3 Å². The zero-order valence-electron chi connectivity index (χ0n) is 16.6. The third kappa shape index (κ3) is 3.89. The molecule has 0 unspecified atom stereocenters. The second-order valence-electron chi connectivity index (χ2n) is 7.59. The highest BCUT2D eigenvalue weighted by Crippen LogP contribution is 2.35. The number of benzene rings is 1. The van der Waals surface area contributed by atoms with Crippen molar-refractivity contribution in [3.8, 4) is 0 Å². The van der Waals surface area contributed by atoms with E-state index in [2.05, 4.69) is 20.5 Å². The number of β-amino-alcohol motifs (C(OH)–C–C–N with tert-alkyl or cyclic N) is 1. The van der Waals surface area contributed by atoms with Gasteiger partial charge in [0.2, 0.25) is 0 Å². The summed E-state index contributed by atoms with van der Waals surface area (Å²) in [5.74, 6) is 0.450. The fourth-order valence-electron chi connectivity index (χ4n) is 3.92. The second-order valence-corrected chi connectivity index (χ2v) is 7.59. The lowest BCUT2D eigenvalue weighted by Gasteiger charge is -2.21. The van der Waals surface area contributed by atoms with Crippen molar-refractivity contribution in [2.45, 2.75) is 38.6 Å². The van der Waals surface area contributed by atoms with Crippen LogP contribution in [0.1, 0.15) is 36.1 Å². The summed E-state index contributed by atoms with van der Waals surface area (Å²) in [4.78, 5) is 6.48. The van der Waals surface area contributed by atoms with Crippen LogP contribution in [0.5, 0.6) is 0 Å². The minimum Gasteiger partial charge on any atom is -0.391 e. The molecule has 0 bridgehead atoms. The van der Waals surface area contributed by atoms with Crippen LogP contribution in [0, 0.1) is 6.92 Å². The number of aliphatic hydroxyl groups excluding tert-OH is 1. The molecule has 158 valence electrons. The van der Waals surface area contributed by atoms with Crippen molar-refractivity contribution in [1.82, 2.24) is 15.2 Å². The zero-order valence-corrected chi connectivity index (χ0v) is 16.6. The van der Waals surface area contributed by atoms with E-state index in [-0.39, 0.29) is 11.7 Å². The smallest absolute Gasteiger partial charge is 0.391 e. The number of anilines is 2. The van der Waals surface area contributed by atoms with E-state index >= 15 is 0 Å². The van der Waals surface area contributed by atoms with Gasteiger partial charge in [0.05, 0.1) is 41.3 Å². The maximum Gasteiger partial charge on any atom is 0.416 e. The number of hydrogen-bond acceptors (Lipinski definition) is 6. The molecule has 1 aliphatic rings. The van der Waals surface area contributed by atoms with Gasteiger partial charge in [0.25, 0.3) is 0 Å². The average molecular weight is 417 g/mol. The standard InChI is InChI=1S/C21H22F3N5O/c1-12-16(4-3-5-18(12)21(22,23)24)13(2)27-20-17-8-14(29-7-6-15(30)11-29)9-25-19(17)10-26-28-20/h3-5,8-10,13,15,30H,6-7,11H2,1-2H3,(H,27,28)/t13-,15-/m1/s1. The lowest BCUT2D eigenvalue weighted by atomic mass is 9.97. The highest BCUT2D eigenvalue weighted by molar-refractivity contribution is 5.90. The number of aliphatic hydroxyl groups is 1. The number of fused-ring (bicyclic) bond motifs is 1. The van der Waals surface area contributed by atoms with Gasteiger partial charge < -0.3 is 15.3 Å². The zero-order chi connectivity index (χ0) is 21.5. The Hall–Kier alpha value is -2.94. The average Bonchev–Trinajstić information content (AvgIpc) is 3.13. The number of halogens is 3. The van der Waals surface area contributed by atoms with Gasteiger partial charge in [0, 0.05) is 18.5 Å². The van der Waals surface area contributed by atoms with Crippen molar-refractivity contribution < 1.29 is 18.3 Å². The van der Waals surface area contributed by atoms with Crippen molar-refractivity contribution in [2.75, 3.05) is 23.3 Å². The Kier molecular flexibility index (Phi) is 5.23. The molecule has 0 amide bonds. The van der Waals surface area contributed by atoms with Crippen molar-refractivity contribution >= 4 is 22.4 Å². The second kappa shape index (κ2) is 7.71. The number of rotatable bonds is 4. The first-order chi connectivity index (χ1) is 14.2. The fourth-order valence-corrected chi connectivity index (χ4v) is 3.92. The molecule has 1 aromatic carbocycles. The van der Waals surface area contributed by atoms with Crippen molar-refractivity contribution in [1.29, 1.82) is 0 Å². The maximum absolute atomic E-state index is 13.3. The molecule has 2 N–H and O–H groups in total. The topological polar surface area (TPSA) is 74.2 Å². The first kappa shape index (κ1) is 20.3. The van der Waals surface area contributed by atoms with Crippen LogP contribution in [0.25, 0.3) is 10.9 Å². The van der Waals surface area contributed by atoms with E-state index in [4.69, 9.17) is 0 Å². The molecule has 9 heteroatoms. The van der Waals surface area contributed by atoms with Crippen molar-refractivity contribution in [3.63, 3.8) is 0 Å². The first-order valence-corrected chi connectivity index (χ1v) is 9.71. The highest BCUT2D eigenvalue weighted by Gasteiger charge is 2.33. The SMILES string of the molecule is Cc1c([C@@H](C)Nc2nncc3ncc(N4CC[C@@H](O)C4)cc23)cccc1C(F)(F)F. The van der Waals surface area contributed by atoms with Crippen molar-refractivity contribution in [2.24, 2.45) is 0 Å². The van der Waals surface area contributed by atoms with Crippen LogP contribution in [0.3, 0.4) is 0 Å². The summed E-state index contributed by atoms with van der Waals surface area (Å²) in [7, 11) is 0. The van der Waals surface area contributed by atoms with E-state index in [9.17, 15) is 18.3 Å². The Morgan fingerprint density at radius 1 is 1.27 bits per heavy atom. The molecule has 1 aliphatic heterocycles. The van der Waals surface area contributed by atoms with E-state index < -0.39 is 17.8 Å². The molecule has 2 atom stereocenters. The maximum atomic E-state index is 13.3. The van der Waals surface area contributed by atoms with Gasteiger partial charge in [-0.1, -0.05) is 12.1 Å². The lowest BCUT2D eigenvalue weighted by Crippen LogP contribution is -2.21. The van der Waals surface area contributed by atoms with Gasteiger partial charge in [0.15, 0.2) is 5.82 Å². The number of nitrogens with zero attached hydrogens (tertiary/aromatic N) is 4. The Labute approximate surface area is 171 Å². The Morgan fingerprint density at radius 3 is 2.77 bits per heavy atom. The van der Waals surface area contributed by atoms with E-state index in [1.165, 1.54) is 13.0 Å². The van der Waals surface area contributed by atoms with Gasteiger partial charge in [-0.15, -0.1) is 5.10 Å². The Balaban J connectivity index is 1.67. The predicted molar refractivity (Wildman–Crippen MR) is 108 cm³/mol. The molecular formula is C21H22F3N5O. The normalized spacial score (nSPS) is 18.1. The van der Waals surface area contributed by atoms with Gasteiger partial charge in [-0.3, -0.25) is 4.98 Å². The van der Waals surface area contributed by atoms with E-state index in [0.717, 1.165) is 23.7 Å². The molecule has 3 aromatic rings. The predicted octanol–water partition coefficient (Wildman–Crippen LogP) is 4.10. The minimum atomic E-state index is -4.40. The van der Waals surface area contributed by atoms with Crippen LogP contribution >= 0.6 is 0 Å². The van der Waals surface area contributed by atoms with Crippen LogP contribution in [-0.4, -0.2) is 39.5 Å². The third-order valence-electron chi connectivity index (χ3n) is 5.53. The molecule has 0 aliphatic carbocycles. The third-order valence-corrected chi connectivity index (χ3v) is 5.53. The summed E-state index contributed by atoms with van der Waals surface area (Å²) in [6.45, 7) is 4.53. The summed E-state index contributed by atoms with van der Waals surface area (Å²) in [5.41, 5.74) is 1.56. The molecule has 2 aromatic heterocycles. The molecule has 0 spiro atoms.